The summed E-state index contributed by atoms with van der Waals surface area (Å²) in [5, 5.41) is 8.82. The molecule has 0 aromatic rings. The molecule has 1 unspecified atom stereocenters. The largest absolute Gasteiger partial charge is 0.481 e. The Labute approximate surface area is 94.0 Å². The fourth-order valence-electron chi connectivity index (χ4n) is 1.61. The second-order valence-corrected chi connectivity index (χ2v) is 5.99. The number of amides is 1. The molecule has 1 aliphatic rings. The maximum atomic E-state index is 11.5. The van der Waals surface area contributed by atoms with E-state index in [1.165, 1.54) is 0 Å². The molecule has 0 bridgehead atoms. The molecule has 1 aliphatic heterocycles. The van der Waals surface area contributed by atoms with Gasteiger partial charge in [-0.05, 0) is 20.1 Å². The Morgan fingerprint density at radius 1 is 1.67 bits per heavy atom. The van der Waals surface area contributed by atoms with Crippen molar-refractivity contribution in [2.24, 2.45) is 5.92 Å². The van der Waals surface area contributed by atoms with Gasteiger partial charge in [0.15, 0.2) is 0 Å². The summed E-state index contributed by atoms with van der Waals surface area (Å²) in [6.07, 6.45) is 2.15. The zero-order valence-corrected chi connectivity index (χ0v) is 10.1. The first-order valence-corrected chi connectivity index (χ1v) is 6.14. The first kappa shape index (κ1) is 12.4. The summed E-state index contributed by atoms with van der Waals surface area (Å²) < 4.78 is -0.0109. The molecule has 1 saturated heterocycles. The molecule has 4 nitrogen and oxygen atoms in total. The standard InChI is InChI=1S/C10H17NO3S/c1-10(2,15-3)6-11-5-7(9(13)14)4-8(11)12/h7H,4-6H2,1-3H3,(H,13,14). The van der Waals surface area contributed by atoms with Gasteiger partial charge in [-0.15, -0.1) is 0 Å². The Bertz CT molecular complexity index is 278. The van der Waals surface area contributed by atoms with Crippen LogP contribution in [0.5, 0.6) is 0 Å². The number of hydrogen-bond acceptors (Lipinski definition) is 3. The van der Waals surface area contributed by atoms with E-state index >= 15 is 0 Å². The van der Waals surface area contributed by atoms with E-state index in [9.17, 15) is 9.59 Å². The molecule has 0 aromatic heterocycles. The van der Waals surface area contributed by atoms with Crippen molar-refractivity contribution < 1.29 is 14.7 Å². The number of carboxylic acid groups (broad SMARTS) is 1. The van der Waals surface area contributed by atoms with E-state index in [2.05, 4.69) is 13.8 Å². The molecular weight excluding hydrogens is 214 g/mol. The van der Waals surface area contributed by atoms with Crippen molar-refractivity contribution in [1.29, 1.82) is 0 Å². The molecule has 1 fully saturated rings. The van der Waals surface area contributed by atoms with Crippen LogP contribution in [0.2, 0.25) is 0 Å². The van der Waals surface area contributed by atoms with E-state index in [0.717, 1.165) is 0 Å². The van der Waals surface area contributed by atoms with Crippen LogP contribution in [-0.4, -0.2) is 46.0 Å². The van der Waals surface area contributed by atoms with E-state index < -0.39 is 11.9 Å². The second kappa shape index (κ2) is 4.43. The molecular formula is C10H17NO3S. The number of likely N-dealkylation sites (tertiary alicyclic amines) is 1. The van der Waals surface area contributed by atoms with Crippen LogP contribution in [0.1, 0.15) is 20.3 Å². The zero-order valence-electron chi connectivity index (χ0n) is 9.32. The van der Waals surface area contributed by atoms with E-state index in [4.69, 9.17) is 5.11 Å². The minimum Gasteiger partial charge on any atom is -0.481 e. The van der Waals surface area contributed by atoms with Gasteiger partial charge in [0, 0.05) is 24.3 Å². The number of aliphatic carboxylic acids is 1. The molecule has 0 aromatic carbocycles. The van der Waals surface area contributed by atoms with Gasteiger partial charge in [0.1, 0.15) is 0 Å². The normalized spacial score (nSPS) is 22.2. The predicted molar refractivity (Wildman–Crippen MR) is 59.9 cm³/mol. The van der Waals surface area contributed by atoms with Crippen LogP contribution in [0.4, 0.5) is 0 Å². The summed E-state index contributed by atoms with van der Waals surface area (Å²) in [7, 11) is 0. The van der Waals surface area contributed by atoms with Crippen LogP contribution in [0.25, 0.3) is 0 Å². The smallest absolute Gasteiger partial charge is 0.308 e. The van der Waals surface area contributed by atoms with Gasteiger partial charge in [0.25, 0.3) is 0 Å². The summed E-state index contributed by atoms with van der Waals surface area (Å²) in [6, 6.07) is 0. The summed E-state index contributed by atoms with van der Waals surface area (Å²) in [5.41, 5.74) is 0. The van der Waals surface area contributed by atoms with Crippen LogP contribution in [0.3, 0.4) is 0 Å². The van der Waals surface area contributed by atoms with E-state index in [1.807, 2.05) is 6.26 Å². The molecule has 0 radical (unpaired) electrons. The van der Waals surface area contributed by atoms with Gasteiger partial charge in [0.2, 0.25) is 5.91 Å². The number of carbonyl (C=O) groups excluding carboxylic acids is 1. The number of carboxylic acids is 1. The van der Waals surface area contributed by atoms with Crippen LogP contribution >= 0.6 is 11.8 Å². The number of rotatable bonds is 4. The fourth-order valence-corrected chi connectivity index (χ4v) is 1.90. The minimum atomic E-state index is -0.868. The minimum absolute atomic E-state index is 0.0109. The number of thioether (sulfide) groups is 1. The van der Waals surface area contributed by atoms with Crippen LogP contribution in [0, 0.1) is 5.92 Å². The molecule has 1 N–H and O–H groups in total. The average molecular weight is 231 g/mol. The monoisotopic (exact) mass is 231 g/mol. The third-order valence-corrected chi connectivity index (χ3v) is 3.92. The van der Waals surface area contributed by atoms with E-state index in [0.29, 0.717) is 13.1 Å². The highest BCUT2D eigenvalue weighted by atomic mass is 32.2. The fraction of sp³-hybridized carbons (Fsp3) is 0.800. The topological polar surface area (TPSA) is 57.6 Å². The van der Waals surface area contributed by atoms with Crippen LogP contribution < -0.4 is 0 Å². The van der Waals surface area contributed by atoms with E-state index in [1.54, 1.807) is 16.7 Å². The average Bonchev–Trinajstić information content (AvgIpc) is 2.47. The van der Waals surface area contributed by atoms with Crippen LogP contribution in [0.15, 0.2) is 0 Å². The highest BCUT2D eigenvalue weighted by molar-refractivity contribution is 7.99. The summed E-state index contributed by atoms with van der Waals surface area (Å²) in [4.78, 5) is 23.9. The zero-order chi connectivity index (χ0) is 11.6. The molecule has 0 spiro atoms. The van der Waals surface area contributed by atoms with Crippen molar-refractivity contribution in [1.82, 2.24) is 4.90 Å². The molecule has 86 valence electrons. The van der Waals surface area contributed by atoms with Crippen molar-refractivity contribution in [3.8, 4) is 0 Å². The molecule has 1 heterocycles. The summed E-state index contributed by atoms with van der Waals surface area (Å²) in [6.45, 7) is 5.09. The molecule has 5 heteroatoms. The predicted octanol–water partition coefficient (Wildman–Crippen LogP) is 1.06. The quantitative estimate of drug-likeness (QED) is 0.786. The van der Waals surface area contributed by atoms with Crippen molar-refractivity contribution >= 4 is 23.6 Å². The molecule has 1 atom stereocenters. The lowest BCUT2D eigenvalue weighted by Crippen LogP contribution is -2.37. The van der Waals surface area contributed by atoms with Crippen molar-refractivity contribution in [2.45, 2.75) is 25.0 Å². The first-order chi connectivity index (χ1) is 6.85. The van der Waals surface area contributed by atoms with Gasteiger partial charge in [-0.1, -0.05) is 0 Å². The highest BCUT2D eigenvalue weighted by Gasteiger charge is 2.36. The van der Waals surface area contributed by atoms with Crippen molar-refractivity contribution in [3.63, 3.8) is 0 Å². The van der Waals surface area contributed by atoms with Gasteiger partial charge in [0.05, 0.1) is 5.92 Å². The third kappa shape index (κ3) is 3.12. The maximum absolute atomic E-state index is 11.5. The van der Waals surface area contributed by atoms with Crippen molar-refractivity contribution in [3.05, 3.63) is 0 Å². The lowest BCUT2D eigenvalue weighted by atomic mass is 10.1. The summed E-state index contributed by atoms with van der Waals surface area (Å²) >= 11 is 1.68. The number of carbonyl (C=O) groups is 2. The van der Waals surface area contributed by atoms with Gasteiger partial charge < -0.3 is 10.0 Å². The van der Waals surface area contributed by atoms with E-state index in [-0.39, 0.29) is 17.1 Å². The van der Waals surface area contributed by atoms with Gasteiger partial charge in [-0.25, -0.2) is 0 Å². The lowest BCUT2D eigenvalue weighted by Gasteiger charge is -2.28. The van der Waals surface area contributed by atoms with Gasteiger partial charge in [-0.3, -0.25) is 9.59 Å². The lowest BCUT2D eigenvalue weighted by molar-refractivity contribution is -0.141. The molecule has 15 heavy (non-hydrogen) atoms. The van der Waals surface area contributed by atoms with Crippen molar-refractivity contribution in [2.75, 3.05) is 19.3 Å². The Morgan fingerprint density at radius 2 is 2.27 bits per heavy atom. The number of nitrogens with zero attached hydrogens (tertiary/aromatic N) is 1. The number of hydrogen-bond donors (Lipinski definition) is 1. The van der Waals surface area contributed by atoms with Crippen LogP contribution in [-0.2, 0) is 9.59 Å². The Morgan fingerprint density at radius 3 is 2.67 bits per heavy atom. The molecule has 0 aliphatic carbocycles. The Balaban J connectivity index is 2.58. The maximum Gasteiger partial charge on any atom is 0.308 e. The first-order valence-electron chi connectivity index (χ1n) is 4.91. The summed E-state index contributed by atoms with van der Waals surface area (Å²) in [5.74, 6) is -1.42. The molecule has 1 amide bonds. The second-order valence-electron chi connectivity index (χ2n) is 4.48. The SMILES string of the molecule is CSC(C)(C)CN1CC(C(=O)O)CC1=O. The molecule has 0 saturated carbocycles. The Hall–Kier alpha value is -0.710. The highest BCUT2D eigenvalue weighted by Crippen LogP contribution is 2.26. The Kier molecular flexibility index (Phi) is 3.65. The molecule has 1 rings (SSSR count). The van der Waals surface area contributed by atoms with Gasteiger partial charge in [-0.2, -0.15) is 11.8 Å². The third-order valence-electron chi connectivity index (χ3n) is 2.69. The van der Waals surface area contributed by atoms with Gasteiger partial charge >= 0.3 is 5.97 Å².